The molecular weight excluding hydrogens is 394 g/mol. The molecule has 1 aliphatic rings. The lowest BCUT2D eigenvalue weighted by atomic mass is 9.98. The van der Waals surface area contributed by atoms with E-state index in [1.807, 2.05) is 54.2 Å². The molecule has 3 rings (SSSR count). The van der Waals surface area contributed by atoms with E-state index in [1.54, 1.807) is 31.3 Å². The quantitative estimate of drug-likeness (QED) is 0.650. The molecule has 7 nitrogen and oxygen atoms in total. The Kier molecular flexibility index (Phi) is 7.52. The highest BCUT2D eigenvalue weighted by atomic mass is 16.5. The van der Waals surface area contributed by atoms with Crippen LogP contribution >= 0.6 is 0 Å². The first-order valence-corrected chi connectivity index (χ1v) is 10.4. The summed E-state index contributed by atoms with van der Waals surface area (Å²) in [5.41, 5.74) is 2.80. The molecule has 2 aromatic carbocycles. The third-order valence-corrected chi connectivity index (χ3v) is 5.52. The zero-order valence-electron chi connectivity index (χ0n) is 18.8. The second kappa shape index (κ2) is 10.3. The average molecular weight is 426 g/mol. The maximum Gasteiger partial charge on any atom is 0.254 e. The van der Waals surface area contributed by atoms with Crippen molar-refractivity contribution in [2.75, 3.05) is 54.5 Å². The molecule has 31 heavy (non-hydrogen) atoms. The highest BCUT2D eigenvalue weighted by molar-refractivity contribution is 5.96. The predicted octanol–water partition coefficient (Wildman–Crippen LogP) is 2.29. The van der Waals surface area contributed by atoms with E-state index in [2.05, 4.69) is 0 Å². The zero-order chi connectivity index (χ0) is 22.4. The maximum absolute atomic E-state index is 13.1. The molecule has 7 heteroatoms. The van der Waals surface area contributed by atoms with E-state index < -0.39 is 0 Å². The number of hydrogen-bond donors (Lipinski definition) is 0. The molecule has 0 saturated carbocycles. The van der Waals surface area contributed by atoms with Gasteiger partial charge in [-0.05, 0) is 55.9 Å². The Morgan fingerprint density at radius 2 is 1.61 bits per heavy atom. The van der Waals surface area contributed by atoms with Crippen LogP contribution < -0.4 is 9.47 Å². The number of amides is 2. The normalized spacial score (nSPS) is 13.0. The van der Waals surface area contributed by atoms with Gasteiger partial charge in [-0.3, -0.25) is 9.59 Å². The number of nitrogens with zero attached hydrogens (tertiary/aromatic N) is 3. The lowest BCUT2D eigenvalue weighted by molar-refractivity contribution is -0.132. The van der Waals surface area contributed by atoms with E-state index >= 15 is 0 Å². The van der Waals surface area contributed by atoms with Gasteiger partial charge in [-0.15, -0.1) is 0 Å². The molecular formula is C24H31N3O4. The van der Waals surface area contributed by atoms with Gasteiger partial charge in [0.15, 0.2) is 11.5 Å². The van der Waals surface area contributed by atoms with Crippen molar-refractivity contribution < 1.29 is 19.1 Å². The van der Waals surface area contributed by atoms with E-state index in [0.29, 0.717) is 43.2 Å². The number of carbonyl (C=O) groups is 2. The predicted molar refractivity (Wildman–Crippen MR) is 120 cm³/mol. The molecule has 0 unspecified atom stereocenters. The van der Waals surface area contributed by atoms with Gasteiger partial charge in [-0.2, -0.15) is 0 Å². The summed E-state index contributed by atoms with van der Waals surface area (Å²) >= 11 is 0. The Balaban J connectivity index is 1.73. The van der Waals surface area contributed by atoms with E-state index in [1.165, 1.54) is 0 Å². The van der Waals surface area contributed by atoms with Crippen molar-refractivity contribution in [3.63, 3.8) is 0 Å². The molecule has 0 saturated heterocycles. The Morgan fingerprint density at radius 1 is 0.968 bits per heavy atom. The van der Waals surface area contributed by atoms with Crippen molar-refractivity contribution in [3.05, 3.63) is 59.2 Å². The number of methoxy groups -OCH3 is 2. The molecule has 0 spiro atoms. The molecule has 0 N–H and O–H groups in total. The summed E-state index contributed by atoms with van der Waals surface area (Å²) in [7, 11) is 7.13. The van der Waals surface area contributed by atoms with E-state index in [9.17, 15) is 9.59 Å². The number of hydrogen-bond acceptors (Lipinski definition) is 5. The number of carbonyl (C=O) groups excluding carboxylic acids is 2. The largest absolute Gasteiger partial charge is 0.493 e. The van der Waals surface area contributed by atoms with Crippen LogP contribution in [0.4, 0.5) is 0 Å². The summed E-state index contributed by atoms with van der Waals surface area (Å²) in [6.45, 7) is 2.34. The van der Waals surface area contributed by atoms with Crippen LogP contribution in [0.1, 0.15) is 21.5 Å². The van der Waals surface area contributed by atoms with Gasteiger partial charge in [0.25, 0.3) is 5.91 Å². The first kappa shape index (κ1) is 22.6. The highest BCUT2D eigenvalue weighted by Crippen LogP contribution is 2.33. The fourth-order valence-electron chi connectivity index (χ4n) is 3.70. The van der Waals surface area contributed by atoms with Gasteiger partial charge >= 0.3 is 0 Å². The second-order valence-electron chi connectivity index (χ2n) is 7.94. The van der Waals surface area contributed by atoms with Crippen molar-refractivity contribution in [1.29, 1.82) is 0 Å². The van der Waals surface area contributed by atoms with Crippen LogP contribution in [0.15, 0.2) is 42.5 Å². The molecule has 0 bridgehead atoms. The lowest BCUT2D eigenvalue weighted by Gasteiger charge is -2.32. The number of benzene rings is 2. The van der Waals surface area contributed by atoms with Crippen LogP contribution in [-0.2, 0) is 17.8 Å². The highest BCUT2D eigenvalue weighted by Gasteiger charge is 2.26. The second-order valence-corrected chi connectivity index (χ2v) is 7.94. The van der Waals surface area contributed by atoms with Crippen LogP contribution in [0, 0.1) is 0 Å². The summed E-state index contributed by atoms with van der Waals surface area (Å²) in [6.07, 6.45) is 0.742. The molecule has 0 atom stereocenters. The Hall–Kier alpha value is -3.06. The molecule has 0 fully saturated rings. The van der Waals surface area contributed by atoms with Crippen molar-refractivity contribution in [2.45, 2.75) is 13.0 Å². The van der Waals surface area contributed by atoms with Crippen LogP contribution in [0.3, 0.4) is 0 Å². The van der Waals surface area contributed by atoms with Crippen molar-refractivity contribution in [3.8, 4) is 11.5 Å². The lowest BCUT2D eigenvalue weighted by Crippen LogP contribution is -2.46. The number of ether oxygens (including phenoxy) is 2. The Labute approximate surface area is 184 Å². The summed E-state index contributed by atoms with van der Waals surface area (Å²) < 4.78 is 10.8. The van der Waals surface area contributed by atoms with Gasteiger partial charge in [-0.25, -0.2) is 0 Å². The Bertz CT molecular complexity index is 915. The number of likely N-dealkylation sites (N-methyl/N-ethyl adjacent to an activating group) is 1. The summed E-state index contributed by atoms with van der Waals surface area (Å²) in [6, 6.07) is 13.0. The summed E-state index contributed by atoms with van der Waals surface area (Å²) in [5.74, 6) is 1.18. The van der Waals surface area contributed by atoms with Crippen LogP contribution in [-0.4, -0.2) is 81.0 Å². The molecule has 0 radical (unpaired) electrons. The number of rotatable bonds is 8. The van der Waals surface area contributed by atoms with Gasteiger partial charge in [0, 0.05) is 31.7 Å². The molecule has 166 valence electrons. The van der Waals surface area contributed by atoms with Gasteiger partial charge < -0.3 is 24.2 Å². The van der Waals surface area contributed by atoms with E-state index in [0.717, 1.165) is 17.5 Å². The fraction of sp³-hybridized carbons (Fsp3) is 0.417. The topological polar surface area (TPSA) is 62.3 Å². The summed E-state index contributed by atoms with van der Waals surface area (Å²) in [4.78, 5) is 31.6. The molecule has 1 aliphatic heterocycles. The van der Waals surface area contributed by atoms with Crippen LogP contribution in [0.2, 0.25) is 0 Å². The van der Waals surface area contributed by atoms with Gasteiger partial charge in [-0.1, -0.05) is 18.2 Å². The average Bonchev–Trinajstić information content (AvgIpc) is 2.80. The first-order valence-electron chi connectivity index (χ1n) is 10.4. The SMILES string of the molecule is COc1cc2c(cc1OC)CN(C(=O)CN(CCN(C)C)C(=O)c1ccccc1)CC2. The fourth-order valence-corrected chi connectivity index (χ4v) is 3.70. The third-order valence-electron chi connectivity index (χ3n) is 5.52. The van der Waals surface area contributed by atoms with E-state index in [4.69, 9.17) is 9.47 Å². The van der Waals surface area contributed by atoms with Gasteiger partial charge in [0.05, 0.1) is 14.2 Å². The smallest absolute Gasteiger partial charge is 0.254 e. The summed E-state index contributed by atoms with van der Waals surface area (Å²) in [5, 5.41) is 0. The number of fused-ring (bicyclic) bond motifs is 1. The minimum absolute atomic E-state index is 0.0523. The molecule has 0 aliphatic carbocycles. The standard InChI is InChI=1S/C24H31N3O4/c1-25(2)12-13-27(24(29)18-8-6-5-7-9-18)17-23(28)26-11-10-19-14-21(30-3)22(31-4)15-20(19)16-26/h5-9,14-15H,10-13,16-17H2,1-4H3. The monoisotopic (exact) mass is 425 g/mol. The maximum atomic E-state index is 13.1. The van der Waals surface area contributed by atoms with Crippen molar-refractivity contribution in [1.82, 2.24) is 14.7 Å². The zero-order valence-corrected chi connectivity index (χ0v) is 18.8. The van der Waals surface area contributed by atoms with Crippen LogP contribution in [0.5, 0.6) is 11.5 Å². The third kappa shape index (κ3) is 5.55. The Morgan fingerprint density at radius 3 is 2.23 bits per heavy atom. The first-order chi connectivity index (χ1) is 14.9. The minimum Gasteiger partial charge on any atom is -0.493 e. The molecule has 2 aromatic rings. The minimum atomic E-state index is -0.125. The van der Waals surface area contributed by atoms with E-state index in [-0.39, 0.29) is 18.4 Å². The molecule has 0 aromatic heterocycles. The van der Waals surface area contributed by atoms with Gasteiger partial charge in [0.2, 0.25) is 5.91 Å². The van der Waals surface area contributed by atoms with Gasteiger partial charge in [0.1, 0.15) is 6.54 Å². The van der Waals surface area contributed by atoms with Crippen LogP contribution in [0.25, 0.3) is 0 Å². The molecule has 1 heterocycles. The van der Waals surface area contributed by atoms with Crippen molar-refractivity contribution in [2.24, 2.45) is 0 Å². The van der Waals surface area contributed by atoms with Crippen molar-refractivity contribution >= 4 is 11.8 Å². The molecule has 2 amide bonds.